The Morgan fingerprint density at radius 3 is 2.10 bits per heavy atom. The van der Waals surface area contributed by atoms with Gasteiger partial charge in [-0.05, 0) is 53.9 Å². The molecule has 1 aromatic carbocycles. The first kappa shape index (κ1) is 13.4. The van der Waals surface area contributed by atoms with Gasteiger partial charge in [0.1, 0.15) is 0 Å². The van der Waals surface area contributed by atoms with Gasteiger partial charge >= 0.3 is 0 Å². The molecule has 0 saturated carbocycles. The van der Waals surface area contributed by atoms with Gasteiger partial charge in [-0.1, -0.05) is 24.3 Å². The van der Waals surface area contributed by atoms with E-state index in [0.717, 1.165) is 0 Å². The van der Waals surface area contributed by atoms with Crippen LogP contribution in [0.5, 0.6) is 0 Å². The molecular weight excluding hydrogens is 282 g/mol. The first-order valence-corrected chi connectivity index (χ1v) is 8.40. The van der Waals surface area contributed by atoms with E-state index in [1.807, 2.05) is 0 Å². The molecule has 0 radical (unpaired) electrons. The average Bonchev–Trinajstić information content (AvgIpc) is 3.12. The van der Waals surface area contributed by atoms with E-state index in [9.17, 15) is 0 Å². The Morgan fingerprint density at radius 1 is 0.900 bits per heavy atom. The van der Waals surface area contributed by atoms with Gasteiger partial charge in [-0.3, -0.25) is 0 Å². The molecule has 0 aliphatic rings. The summed E-state index contributed by atoms with van der Waals surface area (Å²) in [5, 5.41) is 7.99. The van der Waals surface area contributed by atoms with E-state index in [2.05, 4.69) is 72.4 Å². The molecule has 20 heavy (non-hydrogen) atoms. The van der Waals surface area contributed by atoms with Crippen molar-refractivity contribution >= 4 is 28.4 Å². The van der Waals surface area contributed by atoms with Crippen LogP contribution in [0, 0.1) is 13.8 Å². The summed E-state index contributed by atoms with van der Waals surface area (Å²) in [6, 6.07) is 15.4. The fraction of sp³-hybridized carbons (Fsp3) is 0.176. The Bertz CT molecular complexity index is 635. The summed E-state index contributed by atoms with van der Waals surface area (Å²) in [4.78, 5) is 2.71. The van der Waals surface area contributed by atoms with Crippen LogP contribution in [-0.2, 0) is 0 Å². The van der Waals surface area contributed by atoms with Crippen LogP contribution in [-0.4, -0.2) is 0 Å². The third-order valence-corrected chi connectivity index (χ3v) is 5.22. The minimum atomic E-state index is 0.246. The molecule has 0 aliphatic carbocycles. The first-order valence-electron chi connectivity index (χ1n) is 6.64. The molecule has 0 atom stereocenters. The molecule has 3 aromatic rings. The van der Waals surface area contributed by atoms with Crippen molar-refractivity contribution in [3.63, 3.8) is 0 Å². The van der Waals surface area contributed by atoms with E-state index in [-0.39, 0.29) is 6.04 Å². The van der Waals surface area contributed by atoms with Crippen molar-refractivity contribution in [2.75, 3.05) is 5.32 Å². The topological polar surface area (TPSA) is 12.0 Å². The summed E-state index contributed by atoms with van der Waals surface area (Å²) in [6.45, 7) is 4.29. The van der Waals surface area contributed by atoms with Gasteiger partial charge in [-0.25, -0.2) is 0 Å². The molecule has 3 rings (SSSR count). The van der Waals surface area contributed by atoms with Gasteiger partial charge in [0, 0.05) is 15.4 Å². The number of hydrogen-bond acceptors (Lipinski definition) is 3. The number of benzene rings is 1. The largest absolute Gasteiger partial charge is 0.373 e. The second-order valence-corrected chi connectivity index (χ2v) is 6.89. The molecule has 1 N–H and O–H groups in total. The summed E-state index contributed by atoms with van der Waals surface area (Å²) in [5.41, 5.74) is 3.79. The van der Waals surface area contributed by atoms with E-state index < -0.39 is 0 Å². The summed E-state index contributed by atoms with van der Waals surface area (Å²) in [7, 11) is 0. The average molecular weight is 299 g/mol. The Hall–Kier alpha value is -1.58. The summed E-state index contributed by atoms with van der Waals surface area (Å²) in [6.07, 6.45) is 0. The first-order chi connectivity index (χ1) is 9.74. The normalized spacial score (nSPS) is 10.9. The molecule has 0 bridgehead atoms. The number of rotatable bonds is 4. The maximum absolute atomic E-state index is 3.71. The summed E-state index contributed by atoms with van der Waals surface area (Å²) >= 11 is 3.61. The quantitative estimate of drug-likeness (QED) is 0.658. The van der Waals surface area contributed by atoms with Crippen LogP contribution in [0.2, 0.25) is 0 Å². The second kappa shape index (κ2) is 5.81. The monoisotopic (exact) mass is 299 g/mol. The van der Waals surface area contributed by atoms with E-state index in [4.69, 9.17) is 0 Å². The fourth-order valence-electron chi connectivity index (χ4n) is 2.24. The standard InChI is InChI=1S/C17H17NS2/c1-12-7-8-13(2)14(11-12)18-17(15-5-3-9-19-15)16-6-4-10-20-16/h3-11,17-18H,1-2H3. The zero-order valence-electron chi connectivity index (χ0n) is 11.6. The van der Waals surface area contributed by atoms with Crippen molar-refractivity contribution < 1.29 is 0 Å². The number of nitrogens with one attached hydrogen (secondary N) is 1. The lowest BCUT2D eigenvalue weighted by Gasteiger charge is -2.19. The number of hydrogen-bond donors (Lipinski definition) is 1. The van der Waals surface area contributed by atoms with E-state index >= 15 is 0 Å². The third kappa shape index (κ3) is 2.79. The van der Waals surface area contributed by atoms with Crippen molar-refractivity contribution in [3.05, 3.63) is 74.1 Å². The molecule has 102 valence electrons. The van der Waals surface area contributed by atoms with Gasteiger partial charge in [-0.15, -0.1) is 22.7 Å². The van der Waals surface area contributed by atoms with Crippen LogP contribution in [0.3, 0.4) is 0 Å². The molecular formula is C17H17NS2. The van der Waals surface area contributed by atoms with E-state index in [0.29, 0.717) is 0 Å². The lowest BCUT2D eigenvalue weighted by molar-refractivity contribution is 0.988. The Kier molecular flexibility index (Phi) is 3.90. The second-order valence-electron chi connectivity index (χ2n) is 4.93. The number of aryl methyl sites for hydroxylation is 2. The predicted molar refractivity (Wildman–Crippen MR) is 90.0 cm³/mol. The summed E-state index contributed by atoms with van der Waals surface area (Å²) in [5.74, 6) is 0. The maximum atomic E-state index is 3.71. The van der Waals surface area contributed by atoms with Crippen LogP contribution in [0.1, 0.15) is 26.9 Å². The van der Waals surface area contributed by atoms with Gasteiger partial charge in [0.25, 0.3) is 0 Å². The van der Waals surface area contributed by atoms with Crippen molar-refractivity contribution in [1.82, 2.24) is 0 Å². The van der Waals surface area contributed by atoms with Gasteiger partial charge in [-0.2, -0.15) is 0 Å². The Morgan fingerprint density at radius 2 is 1.55 bits per heavy atom. The minimum Gasteiger partial charge on any atom is -0.373 e. The zero-order chi connectivity index (χ0) is 13.9. The Balaban J connectivity index is 1.97. The van der Waals surface area contributed by atoms with Crippen LogP contribution in [0.4, 0.5) is 5.69 Å². The van der Waals surface area contributed by atoms with Crippen molar-refractivity contribution in [3.8, 4) is 0 Å². The molecule has 2 heterocycles. The van der Waals surface area contributed by atoms with Crippen molar-refractivity contribution in [1.29, 1.82) is 0 Å². The molecule has 0 unspecified atom stereocenters. The molecule has 0 aliphatic heterocycles. The smallest absolute Gasteiger partial charge is 0.0953 e. The molecule has 3 heteroatoms. The lowest BCUT2D eigenvalue weighted by Crippen LogP contribution is -2.10. The van der Waals surface area contributed by atoms with Crippen molar-refractivity contribution in [2.45, 2.75) is 19.9 Å². The summed E-state index contributed by atoms with van der Waals surface area (Å²) < 4.78 is 0. The number of anilines is 1. The van der Waals surface area contributed by atoms with E-state index in [1.165, 1.54) is 26.6 Å². The maximum Gasteiger partial charge on any atom is 0.0953 e. The molecule has 0 fully saturated rings. The highest BCUT2D eigenvalue weighted by Gasteiger charge is 2.16. The zero-order valence-corrected chi connectivity index (χ0v) is 13.2. The minimum absolute atomic E-state index is 0.246. The molecule has 1 nitrogen and oxygen atoms in total. The number of thiophene rings is 2. The predicted octanol–water partition coefficient (Wildman–Crippen LogP) is 5.63. The van der Waals surface area contributed by atoms with Crippen molar-refractivity contribution in [2.24, 2.45) is 0 Å². The van der Waals surface area contributed by atoms with Crippen LogP contribution < -0.4 is 5.32 Å². The van der Waals surface area contributed by atoms with E-state index in [1.54, 1.807) is 22.7 Å². The molecule has 0 spiro atoms. The van der Waals surface area contributed by atoms with Gasteiger partial charge in [0.2, 0.25) is 0 Å². The third-order valence-electron chi connectivity index (χ3n) is 3.35. The van der Waals surface area contributed by atoms with Gasteiger partial charge in [0.15, 0.2) is 0 Å². The van der Waals surface area contributed by atoms with Gasteiger partial charge < -0.3 is 5.32 Å². The van der Waals surface area contributed by atoms with Crippen LogP contribution in [0.25, 0.3) is 0 Å². The van der Waals surface area contributed by atoms with Gasteiger partial charge in [0.05, 0.1) is 6.04 Å². The highest BCUT2D eigenvalue weighted by atomic mass is 32.1. The fourth-order valence-corrected chi connectivity index (χ4v) is 3.90. The molecule has 0 saturated heterocycles. The highest BCUT2D eigenvalue weighted by Crippen LogP contribution is 2.33. The Labute approximate surface area is 127 Å². The lowest BCUT2D eigenvalue weighted by atomic mass is 10.1. The van der Waals surface area contributed by atoms with Crippen LogP contribution >= 0.6 is 22.7 Å². The SMILES string of the molecule is Cc1ccc(C)c(NC(c2cccs2)c2cccs2)c1. The molecule has 0 amide bonds. The molecule has 2 aromatic heterocycles. The highest BCUT2D eigenvalue weighted by molar-refractivity contribution is 7.11. The van der Waals surface area contributed by atoms with Crippen LogP contribution in [0.15, 0.2) is 53.2 Å².